The number of terminal acetylenes is 1. The summed E-state index contributed by atoms with van der Waals surface area (Å²) in [7, 11) is 0. The van der Waals surface area contributed by atoms with Crippen LogP contribution >= 0.6 is 11.6 Å². The molecule has 1 aromatic heterocycles. The fraction of sp³-hybridized carbons (Fsp3) is 0.176. The highest BCUT2D eigenvalue weighted by Gasteiger charge is 2.04. The molecule has 0 saturated heterocycles. The Kier molecular flexibility index (Phi) is 5.81. The lowest BCUT2D eigenvalue weighted by Gasteiger charge is -2.08. The molecule has 0 radical (unpaired) electrons. The van der Waals surface area contributed by atoms with Crippen molar-refractivity contribution in [2.24, 2.45) is 0 Å². The van der Waals surface area contributed by atoms with Gasteiger partial charge in [0, 0.05) is 18.3 Å². The summed E-state index contributed by atoms with van der Waals surface area (Å²) in [5.41, 5.74) is 1.61. The normalized spacial score (nSPS) is 9.82. The van der Waals surface area contributed by atoms with E-state index in [-0.39, 0.29) is 12.5 Å². The third-order valence-electron chi connectivity index (χ3n) is 2.92. The molecule has 2 aromatic rings. The van der Waals surface area contributed by atoms with E-state index in [1.54, 1.807) is 30.5 Å². The molecule has 1 heterocycles. The summed E-state index contributed by atoms with van der Waals surface area (Å²) in [6.07, 6.45) is 7.55. The van der Waals surface area contributed by atoms with E-state index >= 15 is 0 Å². The van der Waals surface area contributed by atoms with Crippen molar-refractivity contribution in [2.75, 3.05) is 13.2 Å². The van der Waals surface area contributed by atoms with E-state index in [9.17, 15) is 4.79 Å². The van der Waals surface area contributed by atoms with Crippen LogP contribution in [0, 0.1) is 12.3 Å². The van der Waals surface area contributed by atoms with E-state index < -0.39 is 0 Å². The molecule has 22 heavy (non-hydrogen) atoms. The van der Waals surface area contributed by atoms with Crippen LogP contribution in [0.4, 0.5) is 0 Å². The van der Waals surface area contributed by atoms with Gasteiger partial charge in [0.25, 0.3) is 5.91 Å². The van der Waals surface area contributed by atoms with Crippen molar-refractivity contribution in [1.82, 2.24) is 10.3 Å². The number of benzene rings is 1. The lowest BCUT2D eigenvalue weighted by Crippen LogP contribution is -2.30. The Hall–Kier alpha value is -2.51. The van der Waals surface area contributed by atoms with E-state index in [0.717, 1.165) is 5.56 Å². The van der Waals surface area contributed by atoms with Crippen molar-refractivity contribution in [3.8, 4) is 18.1 Å². The van der Waals surface area contributed by atoms with Gasteiger partial charge in [-0.15, -0.1) is 6.42 Å². The predicted octanol–water partition coefficient (Wildman–Crippen LogP) is 2.45. The summed E-state index contributed by atoms with van der Waals surface area (Å²) in [6.45, 7) is 0.410. The second-order valence-corrected chi connectivity index (χ2v) is 4.87. The van der Waals surface area contributed by atoms with Gasteiger partial charge >= 0.3 is 0 Å². The van der Waals surface area contributed by atoms with Crippen LogP contribution in [0.15, 0.2) is 42.6 Å². The molecule has 0 spiro atoms. The molecule has 1 aromatic carbocycles. The zero-order valence-electron chi connectivity index (χ0n) is 11.9. The summed E-state index contributed by atoms with van der Waals surface area (Å²) in [4.78, 5) is 15.7. The second-order valence-electron chi connectivity index (χ2n) is 4.51. The van der Waals surface area contributed by atoms with Crippen LogP contribution in [-0.2, 0) is 11.2 Å². The van der Waals surface area contributed by atoms with Crippen molar-refractivity contribution in [3.05, 3.63) is 58.9 Å². The number of amides is 1. The van der Waals surface area contributed by atoms with Gasteiger partial charge in [0.1, 0.15) is 10.9 Å². The monoisotopic (exact) mass is 314 g/mol. The molecule has 0 unspecified atom stereocenters. The number of rotatable bonds is 6. The van der Waals surface area contributed by atoms with Gasteiger partial charge in [0.05, 0.1) is 0 Å². The zero-order chi connectivity index (χ0) is 15.8. The Labute approximate surface area is 134 Å². The number of carbonyl (C=O) groups excluding carboxylic acids is 1. The summed E-state index contributed by atoms with van der Waals surface area (Å²) in [5, 5.41) is 3.22. The molecule has 2 rings (SSSR count). The molecule has 1 amide bonds. The van der Waals surface area contributed by atoms with Gasteiger partial charge in [-0.2, -0.15) is 0 Å². The van der Waals surface area contributed by atoms with E-state index in [1.165, 1.54) is 0 Å². The number of nitrogens with one attached hydrogen (secondary N) is 1. The van der Waals surface area contributed by atoms with Crippen molar-refractivity contribution in [3.63, 3.8) is 0 Å². The molecule has 5 heteroatoms. The van der Waals surface area contributed by atoms with Crippen LogP contribution < -0.4 is 10.1 Å². The van der Waals surface area contributed by atoms with E-state index in [1.807, 2.05) is 12.1 Å². The largest absolute Gasteiger partial charge is 0.484 e. The molecule has 0 fully saturated rings. The molecular weight excluding hydrogens is 300 g/mol. The van der Waals surface area contributed by atoms with Crippen molar-refractivity contribution in [2.45, 2.75) is 6.42 Å². The predicted molar refractivity (Wildman–Crippen MR) is 85.8 cm³/mol. The average molecular weight is 315 g/mol. The number of hydrogen-bond acceptors (Lipinski definition) is 3. The Balaban J connectivity index is 1.74. The Morgan fingerprint density at radius 3 is 3.00 bits per heavy atom. The first-order valence-electron chi connectivity index (χ1n) is 6.74. The fourth-order valence-electron chi connectivity index (χ4n) is 1.82. The highest BCUT2D eigenvalue weighted by atomic mass is 35.5. The van der Waals surface area contributed by atoms with Crippen LogP contribution in [0.2, 0.25) is 5.15 Å². The Morgan fingerprint density at radius 1 is 1.36 bits per heavy atom. The van der Waals surface area contributed by atoms with E-state index in [0.29, 0.717) is 29.4 Å². The minimum Gasteiger partial charge on any atom is -0.484 e. The number of carbonyl (C=O) groups is 1. The number of hydrogen-bond donors (Lipinski definition) is 1. The zero-order valence-corrected chi connectivity index (χ0v) is 12.6. The third-order valence-corrected chi connectivity index (χ3v) is 3.26. The molecule has 0 aliphatic carbocycles. The number of nitrogens with zero attached hydrogens (tertiary/aromatic N) is 1. The molecule has 0 bridgehead atoms. The number of ether oxygens (including phenoxy) is 1. The van der Waals surface area contributed by atoms with Gasteiger partial charge in [-0.3, -0.25) is 4.79 Å². The SMILES string of the molecule is C#Cc1cccc(OCC(=O)NCCc2cccnc2Cl)c1. The van der Waals surface area contributed by atoms with Crippen LogP contribution in [0.25, 0.3) is 0 Å². The third kappa shape index (κ3) is 4.80. The van der Waals surface area contributed by atoms with Crippen LogP contribution in [0.5, 0.6) is 5.75 Å². The summed E-state index contributed by atoms with van der Waals surface area (Å²) >= 11 is 5.94. The van der Waals surface area contributed by atoms with Gasteiger partial charge in [-0.1, -0.05) is 29.7 Å². The van der Waals surface area contributed by atoms with E-state index in [4.69, 9.17) is 22.8 Å². The highest BCUT2D eigenvalue weighted by Crippen LogP contribution is 2.12. The molecule has 1 N–H and O–H groups in total. The minimum atomic E-state index is -0.203. The molecule has 112 valence electrons. The highest BCUT2D eigenvalue weighted by molar-refractivity contribution is 6.30. The summed E-state index contributed by atoms with van der Waals surface area (Å²) in [5.74, 6) is 2.88. The lowest BCUT2D eigenvalue weighted by molar-refractivity contribution is -0.123. The number of aromatic nitrogens is 1. The topological polar surface area (TPSA) is 51.2 Å². The van der Waals surface area contributed by atoms with Crippen molar-refractivity contribution < 1.29 is 9.53 Å². The molecular formula is C17H15ClN2O2. The molecule has 0 saturated carbocycles. The van der Waals surface area contributed by atoms with E-state index in [2.05, 4.69) is 16.2 Å². The molecule has 0 aliphatic rings. The summed E-state index contributed by atoms with van der Waals surface area (Å²) < 4.78 is 5.39. The first-order chi connectivity index (χ1) is 10.7. The second kappa shape index (κ2) is 8.06. The van der Waals surface area contributed by atoms with Crippen LogP contribution in [0.1, 0.15) is 11.1 Å². The summed E-state index contributed by atoms with van der Waals surface area (Å²) in [6, 6.07) is 10.7. The standard InChI is InChI=1S/C17H15ClN2O2/c1-2-13-5-3-7-15(11-13)22-12-16(21)19-10-8-14-6-4-9-20-17(14)18/h1,3-7,9,11H,8,10,12H2,(H,19,21). The van der Waals surface area contributed by atoms with Crippen LogP contribution in [-0.4, -0.2) is 24.0 Å². The molecule has 4 nitrogen and oxygen atoms in total. The maximum absolute atomic E-state index is 11.7. The fourth-order valence-corrected chi connectivity index (χ4v) is 2.03. The first kappa shape index (κ1) is 15.9. The quantitative estimate of drug-likeness (QED) is 0.658. The molecule has 0 aliphatic heterocycles. The van der Waals surface area contributed by atoms with Gasteiger partial charge in [0.2, 0.25) is 0 Å². The van der Waals surface area contributed by atoms with Gasteiger partial charge in [0.15, 0.2) is 6.61 Å². The van der Waals surface area contributed by atoms with Gasteiger partial charge in [-0.25, -0.2) is 4.98 Å². The maximum atomic E-state index is 11.7. The Bertz CT molecular complexity index is 695. The minimum absolute atomic E-state index is 0.0607. The van der Waals surface area contributed by atoms with Crippen molar-refractivity contribution >= 4 is 17.5 Å². The average Bonchev–Trinajstić information content (AvgIpc) is 2.55. The maximum Gasteiger partial charge on any atom is 0.257 e. The first-order valence-corrected chi connectivity index (χ1v) is 7.12. The van der Waals surface area contributed by atoms with Gasteiger partial charge < -0.3 is 10.1 Å². The number of pyridine rings is 1. The lowest BCUT2D eigenvalue weighted by atomic mass is 10.2. The Morgan fingerprint density at radius 2 is 2.23 bits per heavy atom. The van der Waals surface area contributed by atoms with Gasteiger partial charge in [-0.05, 0) is 36.2 Å². The smallest absolute Gasteiger partial charge is 0.257 e. The number of halogens is 1. The molecule has 0 atom stereocenters. The van der Waals surface area contributed by atoms with Crippen molar-refractivity contribution in [1.29, 1.82) is 0 Å². The van der Waals surface area contributed by atoms with Crippen LogP contribution in [0.3, 0.4) is 0 Å².